The molecule has 0 fully saturated rings. The van der Waals surface area contributed by atoms with Gasteiger partial charge in [0.2, 0.25) is 0 Å². The smallest absolute Gasteiger partial charge is 0.140 e. The highest BCUT2D eigenvalue weighted by molar-refractivity contribution is 5.55. The van der Waals surface area contributed by atoms with Gasteiger partial charge in [0.25, 0.3) is 0 Å². The van der Waals surface area contributed by atoms with E-state index in [0.717, 1.165) is 17.1 Å². The number of imidazole rings is 1. The third-order valence-corrected chi connectivity index (χ3v) is 3.33. The van der Waals surface area contributed by atoms with Crippen LogP contribution in [0.15, 0.2) is 65.5 Å². The average molecular weight is 267 g/mol. The molecule has 3 aromatic rings. The lowest BCUT2D eigenvalue weighted by molar-refractivity contribution is 0.393. The van der Waals surface area contributed by atoms with E-state index in [-0.39, 0.29) is 12.1 Å². The van der Waals surface area contributed by atoms with Crippen molar-refractivity contribution < 1.29 is 4.42 Å². The zero-order valence-electron chi connectivity index (χ0n) is 11.3. The summed E-state index contributed by atoms with van der Waals surface area (Å²) in [7, 11) is 0. The predicted octanol–water partition coefficient (Wildman–Crippen LogP) is 3.08. The van der Waals surface area contributed by atoms with Gasteiger partial charge < -0.3 is 14.7 Å². The molecule has 2 heterocycles. The molecule has 2 unspecified atom stereocenters. The minimum Gasteiger partial charge on any atom is -0.467 e. The van der Waals surface area contributed by atoms with Crippen LogP contribution >= 0.6 is 0 Å². The monoisotopic (exact) mass is 267 g/mol. The third kappa shape index (κ3) is 2.26. The molecule has 0 aliphatic heterocycles. The van der Waals surface area contributed by atoms with Crippen LogP contribution in [0.3, 0.4) is 0 Å². The van der Waals surface area contributed by atoms with Crippen LogP contribution in [-0.2, 0) is 0 Å². The fourth-order valence-electron chi connectivity index (χ4n) is 2.46. The van der Waals surface area contributed by atoms with E-state index in [4.69, 9.17) is 10.2 Å². The summed E-state index contributed by atoms with van der Waals surface area (Å²) in [6.45, 7) is 1.97. The molecule has 0 aliphatic carbocycles. The molecular formula is C16H17N3O. The van der Waals surface area contributed by atoms with Crippen LogP contribution in [-0.4, -0.2) is 15.6 Å². The number of aromatic nitrogens is 2. The van der Waals surface area contributed by atoms with Gasteiger partial charge in [-0.1, -0.05) is 30.3 Å². The number of benzene rings is 1. The maximum atomic E-state index is 6.16. The summed E-state index contributed by atoms with van der Waals surface area (Å²) in [5.74, 6) is 1.74. The Hall–Kier alpha value is -2.33. The van der Waals surface area contributed by atoms with Gasteiger partial charge in [0.05, 0.1) is 6.26 Å². The molecule has 2 N–H and O–H groups in total. The largest absolute Gasteiger partial charge is 0.467 e. The maximum Gasteiger partial charge on any atom is 0.140 e. The van der Waals surface area contributed by atoms with Crippen LogP contribution in [0.4, 0.5) is 0 Å². The van der Waals surface area contributed by atoms with Gasteiger partial charge >= 0.3 is 0 Å². The predicted molar refractivity (Wildman–Crippen MR) is 78.2 cm³/mol. The van der Waals surface area contributed by atoms with E-state index in [9.17, 15) is 0 Å². The molecular weight excluding hydrogens is 250 g/mol. The van der Waals surface area contributed by atoms with Crippen molar-refractivity contribution in [2.45, 2.75) is 19.0 Å². The van der Waals surface area contributed by atoms with Crippen LogP contribution in [0.25, 0.3) is 11.4 Å². The molecule has 2 aromatic heterocycles. The quantitative estimate of drug-likeness (QED) is 0.790. The van der Waals surface area contributed by atoms with E-state index in [1.165, 1.54) is 0 Å². The molecule has 0 amide bonds. The van der Waals surface area contributed by atoms with E-state index in [1.807, 2.05) is 55.6 Å². The van der Waals surface area contributed by atoms with Crippen LogP contribution in [0.2, 0.25) is 0 Å². The first kappa shape index (κ1) is 12.7. The lowest BCUT2D eigenvalue weighted by Gasteiger charge is -2.22. The standard InChI is InChI=1S/C16H17N3O/c1-12(17)15(14-8-5-11-20-14)19-10-9-18-16(19)13-6-3-2-4-7-13/h2-12,15H,17H2,1H3. The number of furan rings is 1. The van der Waals surface area contributed by atoms with E-state index in [0.29, 0.717) is 0 Å². The maximum absolute atomic E-state index is 6.16. The summed E-state index contributed by atoms with van der Waals surface area (Å²) in [6, 6.07) is 13.8. The normalized spacial score (nSPS) is 14.1. The molecule has 3 rings (SSSR count). The molecule has 4 heteroatoms. The van der Waals surface area contributed by atoms with Gasteiger partial charge in [-0.05, 0) is 19.1 Å². The summed E-state index contributed by atoms with van der Waals surface area (Å²) >= 11 is 0. The number of nitrogens with two attached hydrogens (primary N) is 1. The van der Waals surface area contributed by atoms with Crippen molar-refractivity contribution in [3.63, 3.8) is 0 Å². The zero-order chi connectivity index (χ0) is 13.9. The molecule has 0 saturated heterocycles. The van der Waals surface area contributed by atoms with Gasteiger partial charge in [0.15, 0.2) is 0 Å². The Balaban J connectivity index is 2.08. The molecule has 1 aromatic carbocycles. The summed E-state index contributed by atoms with van der Waals surface area (Å²) < 4.78 is 7.61. The van der Waals surface area contributed by atoms with Gasteiger partial charge in [0.1, 0.15) is 17.6 Å². The fraction of sp³-hybridized carbons (Fsp3) is 0.188. The second-order valence-electron chi connectivity index (χ2n) is 4.84. The summed E-state index contributed by atoms with van der Waals surface area (Å²) in [5, 5.41) is 0. The van der Waals surface area contributed by atoms with Crippen LogP contribution in [0.1, 0.15) is 18.7 Å². The second kappa shape index (κ2) is 5.35. The summed E-state index contributed by atoms with van der Waals surface area (Å²) in [6.07, 6.45) is 5.41. The first-order valence-electron chi connectivity index (χ1n) is 6.64. The fourth-order valence-corrected chi connectivity index (χ4v) is 2.46. The average Bonchev–Trinajstić information content (AvgIpc) is 3.11. The van der Waals surface area contributed by atoms with Crippen molar-refractivity contribution in [2.24, 2.45) is 5.73 Å². The van der Waals surface area contributed by atoms with Crippen LogP contribution in [0.5, 0.6) is 0 Å². The Morgan fingerprint density at radius 2 is 1.95 bits per heavy atom. The highest BCUT2D eigenvalue weighted by Gasteiger charge is 2.23. The Morgan fingerprint density at radius 1 is 1.15 bits per heavy atom. The minimum atomic E-state index is -0.0854. The Morgan fingerprint density at radius 3 is 2.60 bits per heavy atom. The third-order valence-electron chi connectivity index (χ3n) is 3.33. The van der Waals surface area contributed by atoms with E-state index in [2.05, 4.69) is 9.55 Å². The number of nitrogens with zero attached hydrogens (tertiary/aromatic N) is 2. The Bertz CT molecular complexity index is 656. The highest BCUT2D eigenvalue weighted by atomic mass is 16.3. The van der Waals surface area contributed by atoms with Crippen LogP contribution in [0, 0.1) is 0 Å². The van der Waals surface area contributed by atoms with Gasteiger partial charge in [-0.3, -0.25) is 0 Å². The lowest BCUT2D eigenvalue weighted by Crippen LogP contribution is -2.30. The molecule has 0 radical (unpaired) electrons. The zero-order valence-corrected chi connectivity index (χ0v) is 11.3. The lowest BCUT2D eigenvalue weighted by atomic mass is 10.1. The Kier molecular flexibility index (Phi) is 3.39. The van der Waals surface area contributed by atoms with Crippen molar-refractivity contribution in [1.82, 2.24) is 9.55 Å². The van der Waals surface area contributed by atoms with E-state index >= 15 is 0 Å². The molecule has 0 aliphatic rings. The minimum absolute atomic E-state index is 0.0669. The Labute approximate surface area is 117 Å². The van der Waals surface area contributed by atoms with Crippen molar-refractivity contribution >= 4 is 0 Å². The SMILES string of the molecule is CC(N)C(c1ccco1)n1ccnc1-c1ccccc1. The van der Waals surface area contributed by atoms with Crippen molar-refractivity contribution in [3.05, 3.63) is 66.9 Å². The molecule has 0 saturated carbocycles. The molecule has 0 bridgehead atoms. The highest BCUT2D eigenvalue weighted by Crippen LogP contribution is 2.27. The van der Waals surface area contributed by atoms with Gasteiger partial charge in [-0.15, -0.1) is 0 Å². The van der Waals surface area contributed by atoms with Crippen molar-refractivity contribution in [2.75, 3.05) is 0 Å². The van der Waals surface area contributed by atoms with Crippen LogP contribution < -0.4 is 5.73 Å². The molecule has 102 valence electrons. The first-order valence-corrected chi connectivity index (χ1v) is 6.64. The second-order valence-corrected chi connectivity index (χ2v) is 4.84. The van der Waals surface area contributed by atoms with Gasteiger partial charge in [-0.2, -0.15) is 0 Å². The van der Waals surface area contributed by atoms with Crippen molar-refractivity contribution in [1.29, 1.82) is 0 Å². The number of rotatable bonds is 4. The molecule has 2 atom stereocenters. The molecule has 0 spiro atoms. The first-order chi connectivity index (χ1) is 9.77. The molecule has 20 heavy (non-hydrogen) atoms. The molecule has 4 nitrogen and oxygen atoms in total. The van der Waals surface area contributed by atoms with Gasteiger partial charge in [0, 0.05) is 24.0 Å². The van der Waals surface area contributed by atoms with E-state index < -0.39 is 0 Å². The van der Waals surface area contributed by atoms with Crippen molar-refractivity contribution in [3.8, 4) is 11.4 Å². The number of hydrogen-bond acceptors (Lipinski definition) is 3. The topological polar surface area (TPSA) is 57.0 Å². The van der Waals surface area contributed by atoms with Gasteiger partial charge in [-0.25, -0.2) is 4.98 Å². The van der Waals surface area contributed by atoms with E-state index in [1.54, 1.807) is 12.5 Å². The number of hydrogen-bond donors (Lipinski definition) is 1. The summed E-state index contributed by atoms with van der Waals surface area (Å²) in [5.41, 5.74) is 7.22. The summed E-state index contributed by atoms with van der Waals surface area (Å²) in [4.78, 5) is 4.47.